The number of ether oxygens (including phenoxy) is 4. The molecule has 3 aromatic rings. The minimum absolute atomic E-state index is 0.0695. The maximum absolute atomic E-state index is 13.4. The molecule has 1 N–H and O–H groups in total. The molecule has 0 saturated carbocycles. The molecule has 0 radical (unpaired) electrons. The largest absolute Gasteiger partial charge is 0.507 e. The fourth-order valence-corrected chi connectivity index (χ4v) is 4.29. The summed E-state index contributed by atoms with van der Waals surface area (Å²) in [5, 5.41) is 11.4. The van der Waals surface area contributed by atoms with E-state index in [0.717, 1.165) is 0 Å². The Balaban J connectivity index is 1.99. The quantitative estimate of drug-likeness (QED) is 0.278. The molecule has 4 rings (SSSR count). The van der Waals surface area contributed by atoms with Crippen molar-refractivity contribution in [2.24, 2.45) is 0 Å². The maximum atomic E-state index is 13.4. The van der Waals surface area contributed by atoms with Crippen LogP contribution in [0.15, 0.2) is 72.3 Å². The molecule has 186 valence electrons. The number of nitrogens with zero attached hydrogens (tertiary/aromatic N) is 1. The van der Waals surface area contributed by atoms with Crippen molar-refractivity contribution in [1.82, 2.24) is 0 Å². The van der Waals surface area contributed by atoms with E-state index in [1.54, 1.807) is 66.7 Å². The van der Waals surface area contributed by atoms with Crippen LogP contribution in [0.4, 0.5) is 5.69 Å². The smallest absolute Gasteiger partial charge is 0.300 e. The summed E-state index contributed by atoms with van der Waals surface area (Å²) in [6.07, 6.45) is 0. The Hall–Kier alpha value is -4.46. The summed E-state index contributed by atoms with van der Waals surface area (Å²) in [5.74, 6) is -0.100. The van der Waals surface area contributed by atoms with Crippen LogP contribution in [0.3, 0.4) is 0 Å². The summed E-state index contributed by atoms with van der Waals surface area (Å²) in [5.41, 5.74) is 1.22. The minimum atomic E-state index is -0.952. The number of benzene rings is 3. The number of carbonyl (C=O) groups is 2. The van der Waals surface area contributed by atoms with E-state index in [1.807, 2.05) is 6.92 Å². The van der Waals surface area contributed by atoms with Crippen molar-refractivity contribution in [2.45, 2.75) is 13.0 Å². The lowest BCUT2D eigenvalue weighted by Crippen LogP contribution is -2.29. The summed E-state index contributed by atoms with van der Waals surface area (Å²) >= 11 is 0. The lowest BCUT2D eigenvalue weighted by Gasteiger charge is -2.26. The Kier molecular flexibility index (Phi) is 7.15. The Morgan fingerprint density at radius 2 is 1.61 bits per heavy atom. The van der Waals surface area contributed by atoms with Crippen molar-refractivity contribution in [2.75, 3.05) is 32.8 Å². The molecule has 0 spiro atoms. The van der Waals surface area contributed by atoms with Crippen molar-refractivity contribution in [3.05, 3.63) is 83.4 Å². The van der Waals surface area contributed by atoms with Gasteiger partial charge in [-0.15, -0.1) is 0 Å². The van der Waals surface area contributed by atoms with Crippen LogP contribution in [-0.4, -0.2) is 44.7 Å². The van der Waals surface area contributed by atoms with Crippen molar-refractivity contribution in [3.8, 4) is 23.0 Å². The van der Waals surface area contributed by atoms with Gasteiger partial charge in [0, 0.05) is 11.8 Å². The van der Waals surface area contributed by atoms with Crippen molar-refractivity contribution >= 4 is 23.1 Å². The molecular formula is C28H27NO7. The number of aliphatic hydroxyl groups excluding tert-OH is 1. The van der Waals surface area contributed by atoms with Crippen LogP contribution in [0.5, 0.6) is 23.0 Å². The second-order valence-electron chi connectivity index (χ2n) is 7.91. The van der Waals surface area contributed by atoms with Gasteiger partial charge in [-0.25, -0.2) is 0 Å². The fraction of sp³-hybridized carbons (Fsp3) is 0.214. The number of methoxy groups -OCH3 is 3. The monoisotopic (exact) mass is 489 g/mol. The van der Waals surface area contributed by atoms with E-state index in [-0.39, 0.29) is 11.3 Å². The zero-order valence-corrected chi connectivity index (χ0v) is 20.5. The highest BCUT2D eigenvalue weighted by Gasteiger charge is 2.47. The third kappa shape index (κ3) is 4.33. The van der Waals surface area contributed by atoms with E-state index in [0.29, 0.717) is 46.4 Å². The highest BCUT2D eigenvalue weighted by Crippen LogP contribution is 2.45. The number of hydrogen-bond donors (Lipinski definition) is 1. The molecule has 1 amide bonds. The number of Topliss-reactive ketones (excluding diaryl/α,β-unsaturated/α-hetero) is 1. The molecule has 36 heavy (non-hydrogen) atoms. The number of rotatable bonds is 8. The van der Waals surface area contributed by atoms with Gasteiger partial charge in [0.1, 0.15) is 17.3 Å². The fourth-order valence-electron chi connectivity index (χ4n) is 4.29. The third-order valence-corrected chi connectivity index (χ3v) is 5.94. The van der Waals surface area contributed by atoms with Crippen molar-refractivity contribution < 1.29 is 33.6 Å². The van der Waals surface area contributed by atoms with Gasteiger partial charge in [-0.2, -0.15) is 0 Å². The van der Waals surface area contributed by atoms with Gasteiger partial charge in [0.2, 0.25) is 0 Å². The molecule has 1 aliphatic heterocycles. The molecule has 8 heteroatoms. The van der Waals surface area contributed by atoms with Crippen molar-refractivity contribution in [3.63, 3.8) is 0 Å². The highest BCUT2D eigenvalue weighted by atomic mass is 16.5. The maximum Gasteiger partial charge on any atom is 0.300 e. The summed E-state index contributed by atoms with van der Waals surface area (Å²) in [6.45, 7) is 2.23. The van der Waals surface area contributed by atoms with Gasteiger partial charge in [-0.1, -0.05) is 24.3 Å². The average Bonchev–Trinajstić information content (AvgIpc) is 3.18. The molecule has 0 bridgehead atoms. The van der Waals surface area contributed by atoms with Crippen LogP contribution in [0.1, 0.15) is 24.1 Å². The first kappa shape index (κ1) is 24.7. The lowest BCUT2D eigenvalue weighted by atomic mass is 9.94. The second-order valence-corrected chi connectivity index (χ2v) is 7.91. The molecule has 0 aromatic heterocycles. The average molecular weight is 490 g/mol. The lowest BCUT2D eigenvalue weighted by molar-refractivity contribution is -0.132. The number of amides is 1. The number of hydrogen-bond acceptors (Lipinski definition) is 7. The van der Waals surface area contributed by atoms with Gasteiger partial charge in [-0.05, 0) is 48.9 Å². The molecule has 1 aliphatic rings. The van der Waals surface area contributed by atoms with Gasteiger partial charge in [0.25, 0.3) is 11.7 Å². The van der Waals surface area contributed by atoms with Crippen LogP contribution in [0.2, 0.25) is 0 Å². The zero-order valence-electron chi connectivity index (χ0n) is 20.5. The molecule has 8 nitrogen and oxygen atoms in total. The molecule has 1 fully saturated rings. The van der Waals surface area contributed by atoms with Crippen LogP contribution in [0, 0.1) is 0 Å². The molecule has 1 saturated heterocycles. The van der Waals surface area contributed by atoms with Gasteiger partial charge >= 0.3 is 0 Å². The molecule has 1 atom stereocenters. The molecule has 1 heterocycles. The van der Waals surface area contributed by atoms with E-state index >= 15 is 0 Å². The predicted molar refractivity (Wildman–Crippen MR) is 135 cm³/mol. The number of para-hydroxylation sites is 1. The standard InChI is InChI=1S/C28H27NO7/c1-5-36-23-15-17(13-14-22(23)35-4)25-24(26(30)20-11-6-7-12-21(20)34-3)27(31)28(32)29(25)18-9-8-10-19(16-18)33-2/h6-16,25,30H,5H2,1-4H3/b26-24-. The topological polar surface area (TPSA) is 94.5 Å². The Morgan fingerprint density at radius 1 is 0.861 bits per heavy atom. The molecule has 1 unspecified atom stereocenters. The third-order valence-electron chi connectivity index (χ3n) is 5.94. The van der Waals surface area contributed by atoms with Crippen LogP contribution in [-0.2, 0) is 9.59 Å². The van der Waals surface area contributed by atoms with E-state index in [9.17, 15) is 14.7 Å². The van der Waals surface area contributed by atoms with Crippen LogP contribution in [0.25, 0.3) is 5.76 Å². The Bertz CT molecular complexity index is 1330. The van der Waals surface area contributed by atoms with Crippen LogP contribution >= 0.6 is 0 Å². The van der Waals surface area contributed by atoms with Crippen molar-refractivity contribution in [1.29, 1.82) is 0 Å². The highest BCUT2D eigenvalue weighted by molar-refractivity contribution is 6.51. The normalized spacial score (nSPS) is 16.7. The van der Waals surface area contributed by atoms with Gasteiger partial charge in [-0.3, -0.25) is 14.5 Å². The number of ketones is 1. The van der Waals surface area contributed by atoms with Gasteiger partial charge < -0.3 is 24.1 Å². The number of carbonyl (C=O) groups excluding carboxylic acids is 2. The summed E-state index contributed by atoms with van der Waals surface area (Å²) in [4.78, 5) is 28.2. The molecule has 3 aromatic carbocycles. The SMILES string of the molecule is CCOc1cc(C2/C(=C(/O)c3ccccc3OC)C(=O)C(=O)N2c2cccc(OC)c2)ccc1OC. The molecule has 0 aliphatic carbocycles. The number of anilines is 1. The number of aliphatic hydroxyl groups is 1. The van der Waals surface area contributed by atoms with E-state index in [2.05, 4.69) is 0 Å². The summed E-state index contributed by atoms with van der Waals surface area (Å²) in [6, 6.07) is 17.8. The summed E-state index contributed by atoms with van der Waals surface area (Å²) in [7, 11) is 4.52. The Labute approximate surface area is 209 Å². The van der Waals surface area contributed by atoms with Gasteiger partial charge in [0.05, 0.1) is 45.1 Å². The first-order chi connectivity index (χ1) is 17.4. The first-order valence-corrected chi connectivity index (χ1v) is 11.3. The molecular weight excluding hydrogens is 462 g/mol. The Morgan fingerprint density at radius 3 is 2.31 bits per heavy atom. The van der Waals surface area contributed by atoms with E-state index < -0.39 is 17.7 Å². The predicted octanol–water partition coefficient (Wildman–Crippen LogP) is 4.74. The zero-order chi connectivity index (χ0) is 25.8. The minimum Gasteiger partial charge on any atom is -0.507 e. The van der Waals surface area contributed by atoms with Gasteiger partial charge in [0.15, 0.2) is 11.5 Å². The van der Waals surface area contributed by atoms with E-state index in [4.69, 9.17) is 18.9 Å². The second kappa shape index (κ2) is 10.4. The van der Waals surface area contributed by atoms with E-state index in [1.165, 1.54) is 26.2 Å². The summed E-state index contributed by atoms with van der Waals surface area (Å²) < 4.78 is 21.9. The first-order valence-electron chi connectivity index (χ1n) is 11.3. The van der Waals surface area contributed by atoms with Crippen LogP contribution < -0.4 is 23.8 Å².